The number of rotatable bonds is 4. The number of benzene rings is 1. The van der Waals surface area contributed by atoms with Crippen molar-refractivity contribution >= 4 is 5.78 Å². The Balaban J connectivity index is 2.14. The summed E-state index contributed by atoms with van der Waals surface area (Å²) in [6.07, 6.45) is 0.873. The van der Waals surface area contributed by atoms with Crippen LogP contribution in [0.4, 0.5) is 8.78 Å². The molecule has 2 rings (SSSR count). The molecule has 1 saturated heterocycles. The van der Waals surface area contributed by atoms with E-state index in [1.807, 2.05) is 6.92 Å². The molecule has 1 aromatic rings. The summed E-state index contributed by atoms with van der Waals surface area (Å²) in [6, 6.07) is 3.27. The van der Waals surface area contributed by atoms with E-state index in [-0.39, 0.29) is 25.1 Å². The summed E-state index contributed by atoms with van der Waals surface area (Å²) < 4.78 is 27.0. The van der Waals surface area contributed by atoms with E-state index >= 15 is 0 Å². The van der Waals surface area contributed by atoms with Crippen molar-refractivity contribution in [2.75, 3.05) is 19.7 Å². The maximum Gasteiger partial charge on any atom is 0.182 e. The summed E-state index contributed by atoms with van der Waals surface area (Å²) in [5.41, 5.74) is -0.487. The zero-order chi connectivity index (χ0) is 14.0. The molecule has 1 aliphatic rings. The third kappa shape index (κ3) is 2.82. The fourth-order valence-corrected chi connectivity index (χ4v) is 2.61. The van der Waals surface area contributed by atoms with Crippen molar-refractivity contribution < 1.29 is 18.7 Å². The minimum Gasteiger partial charge on any atom is -0.395 e. The van der Waals surface area contributed by atoms with E-state index in [1.165, 1.54) is 6.07 Å². The third-order valence-electron chi connectivity index (χ3n) is 3.77. The maximum absolute atomic E-state index is 13.5. The second-order valence-electron chi connectivity index (χ2n) is 5.01. The number of Topliss-reactive ketones (excluding diaryl/α,β-unsaturated/α-hetero) is 1. The lowest BCUT2D eigenvalue weighted by molar-refractivity contribution is 0.0858. The Kier molecular flexibility index (Phi) is 4.27. The first-order valence-electron chi connectivity index (χ1n) is 6.36. The second kappa shape index (κ2) is 5.75. The van der Waals surface area contributed by atoms with Crippen LogP contribution >= 0.6 is 0 Å². The van der Waals surface area contributed by atoms with Gasteiger partial charge in [0.2, 0.25) is 0 Å². The van der Waals surface area contributed by atoms with Gasteiger partial charge >= 0.3 is 0 Å². The second-order valence-corrected chi connectivity index (χ2v) is 5.01. The Hall–Kier alpha value is -1.33. The van der Waals surface area contributed by atoms with Gasteiger partial charge in [-0.05, 0) is 31.0 Å². The first-order chi connectivity index (χ1) is 9.04. The number of hydrogen-bond donors (Lipinski definition) is 1. The van der Waals surface area contributed by atoms with E-state index in [1.54, 1.807) is 4.90 Å². The Morgan fingerprint density at radius 2 is 2.05 bits per heavy atom. The molecule has 0 saturated carbocycles. The monoisotopic (exact) mass is 269 g/mol. The van der Waals surface area contributed by atoms with E-state index < -0.39 is 23.0 Å². The Labute approximate surface area is 110 Å². The maximum atomic E-state index is 13.5. The van der Waals surface area contributed by atoms with Gasteiger partial charge in [0.1, 0.15) is 11.6 Å². The highest BCUT2D eigenvalue weighted by Crippen LogP contribution is 2.24. The van der Waals surface area contributed by atoms with Crippen LogP contribution in [0.15, 0.2) is 18.2 Å². The molecule has 19 heavy (non-hydrogen) atoms. The quantitative estimate of drug-likeness (QED) is 0.848. The minimum absolute atomic E-state index is 0.0474. The lowest BCUT2D eigenvalue weighted by Crippen LogP contribution is -2.39. The molecule has 1 aromatic carbocycles. The molecular weight excluding hydrogens is 252 g/mol. The van der Waals surface area contributed by atoms with Gasteiger partial charge in [0.25, 0.3) is 0 Å². The van der Waals surface area contributed by atoms with Crippen molar-refractivity contribution in [3.63, 3.8) is 0 Å². The number of aliphatic hydroxyl groups is 1. The number of carbonyl (C=O) groups excluding carboxylic acids is 1. The summed E-state index contributed by atoms with van der Waals surface area (Å²) in [6.45, 7) is 2.55. The van der Waals surface area contributed by atoms with Gasteiger partial charge in [0.15, 0.2) is 5.78 Å². The molecule has 1 heterocycles. The number of nitrogens with zero attached hydrogens (tertiary/aromatic N) is 1. The van der Waals surface area contributed by atoms with Gasteiger partial charge in [0, 0.05) is 6.04 Å². The highest BCUT2D eigenvalue weighted by molar-refractivity contribution is 5.98. The van der Waals surface area contributed by atoms with Crippen molar-refractivity contribution in [3.05, 3.63) is 35.4 Å². The summed E-state index contributed by atoms with van der Waals surface area (Å²) in [7, 11) is 0. The van der Waals surface area contributed by atoms with Crippen LogP contribution in [0.1, 0.15) is 23.7 Å². The zero-order valence-corrected chi connectivity index (χ0v) is 10.8. The van der Waals surface area contributed by atoms with E-state index in [2.05, 4.69) is 0 Å². The molecule has 0 bridgehead atoms. The molecule has 1 N–H and O–H groups in total. The molecule has 5 heteroatoms. The van der Waals surface area contributed by atoms with Crippen LogP contribution in [0.3, 0.4) is 0 Å². The molecule has 0 spiro atoms. The van der Waals surface area contributed by atoms with Gasteiger partial charge in [-0.3, -0.25) is 9.69 Å². The lowest BCUT2D eigenvalue weighted by atomic mass is 10.0. The van der Waals surface area contributed by atoms with Crippen LogP contribution in [-0.2, 0) is 0 Å². The van der Waals surface area contributed by atoms with Crippen molar-refractivity contribution in [2.24, 2.45) is 5.92 Å². The van der Waals surface area contributed by atoms with Gasteiger partial charge in [-0.25, -0.2) is 8.78 Å². The molecule has 104 valence electrons. The third-order valence-corrected chi connectivity index (χ3v) is 3.77. The first-order valence-corrected chi connectivity index (χ1v) is 6.36. The topological polar surface area (TPSA) is 40.5 Å². The Morgan fingerprint density at radius 3 is 2.63 bits per heavy atom. The van der Waals surface area contributed by atoms with Crippen LogP contribution in [0, 0.1) is 17.6 Å². The van der Waals surface area contributed by atoms with E-state index in [4.69, 9.17) is 0 Å². The minimum atomic E-state index is -0.835. The molecule has 1 aliphatic heterocycles. The number of carbonyl (C=O) groups is 1. The van der Waals surface area contributed by atoms with Crippen molar-refractivity contribution in [2.45, 2.75) is 19.4 Å². The predicted octanol–water partition coefficient (Wildman–Crippen LogP) is 1.85. The molecule has 3 nitrogen and oxygen atoms in total. The summed E-state index contributed by atoms with van der Waals surface area (Å²) in [5, 5.41) is 9.30. The van der Waals surface area contributed by atoms with Gasteiger partial charge < -0.3 is 5.11 Å². The number of ketones is 1. The summed E-state index contributed by atoms with van der Waals surface area (Å²) in [4.78, 5) is 13.8. The molecule has 0 aromatic heterocycles. The highest BCUT2D eigenvalue weighted by atomic mass is 19.1. The molecule has 1 fully saturated rings. The van der Waals surface area contributed by atoms with E-state index in [0.29, 0.717) is 6.54 Å². The lowest BCUT2D eigenvalue weighted by Gasteiger charge is -2.24. The van der Waals surface area contributed by atoms with Crippen molar-refractivity contribution in [3.8, 4) is 0 Å². The number of hydrogen-bond acceptors (Lipinski definition) is 3. The molecule has 2 unspecified atom stereocenters. The summed E-state index contributed by atoms with van der Waals surface area (Å²) >= 11 is 0. The fourth-order valence-electron chi connectivity index (χ4n) is 2.61. The van der Waals surface area contributed by atoms with Crippen LogP contribution in [0.2, 0.25) is 0 Å². The molecular formula is C14H17F2NO2. The fraction of sp³-hybridized carbons (Fsp3) is 0.500. The van der Waals surface area contributed by atoms with E-state index in [9.17, 15) is 18.7 Å². The number of likely N-dealkylation sites (tertiary alicyclic amines) is 1. The van der Waals surface area contributed by atoms with Gasteiger partial charge in [0.05, 0.1) is 18.7 Å². The first kappa shape index (κ1) is 14.1. The number of halogens is 2. The Morgan fingerprint density at radius 1 is 1.42 bits per heavy atom. The summed E-state index contributed by atoms with van der Waals surface area (Å²) in [5.74, 6) is -1.97. The van der Waals surface area contributed by atoms with Gasteiger partial charge in [-0.15, -0.1) is 0 Å². The largest absolute Gasteiger partial charge is 0.395 e. The molecule has 0 radical (unpaired) electrons. The normalized spacial score (nSPS) is 23.8. The van der Waals surface area contributed by atoms with Crippen molar-refractivity contribution in [1.82, 2.24) is 4.90 Å². The van der Waals surface area contributed by atoms with Crippen molar-refractivity contribution in [1.29, 1.82) is 0 Å². The highest BCUT2D eigenvalue weighted by Gasteiger charge is 2.32. The molecule has 0 aliphatic carbocycles. The van der Waals surface area contributed by atoms with Gasteiger partial charge in [-0.1, -0.05) is 13.0 Å². The van der Waals surface area contributed by atoms with E-state index in [0.717, 1.165) is 18.6 Å². The van der Waals surface area contributed by atoms with Crippen LogP contribution in [0.5, 0.6) is 0 Å². The number of aliphatic hydroxyl groups excluding tert-OH is 1. The van der Waals surface area contributed by atoms with Crippen LogP contribution in [0.25, 0.3) is 0 Å². The standard InChI is InChI=1S/C14H17F2NO2/c1-9-5-6-17(12(9)8-18)7-13(19)14-10(15)3-2-4-11(14)16/h2-4,9,12,18H,5-8H2,1H3. The van der Waals surface area contributed by atoms with Crippen LogP contribution in [-0.4, -0.2) is 41.5 Å². The average Bonchev–Trinajstić information content (AvgIpc) is 2.69. The smallest absolute Gasteiger partial charge is 0.182 e. The van der Waals surface area contributed by atoms with Crippen LogP contribution < -0.4 is 0 Å². The van der Waals surface area contributed by atoms with Gasteiger partial charge in [-0.2, -0.15) is 0 Å². The average molecular weight is 269 g/mol. The molecule has 2 atom stereocenters. The predicted molar refractivity (Wildman–Crippen MR) is 66.9 cm³/mol. The SMILES string of the molecule is CC1CCN(CC(=O)c2c(F)cccc2F)C1CO. The Bertz CT molecular complexity index is 458. The molecule has 0 amide bonds. The zero-order valence-electron chi connectivity index (χ0n) is 10.8.